The summed E-state index contributed by atoms with van der Waals surface area (Å²) in [6, 6.07) is 9.60. The number of rotatable bonds is 4. The van der Waals surface area contributed by atoms with Crippen LogP contribution in [0.2, 0.25) is 0 Å². The molecule has 1 fully saturated rings. The van der Waals surface area contributed by atoms with Gasteiger partial charge in [-0.3, -0.25) is 4.79 Å². The Morgan fingerprint density at radius 2 is 2.17 bits per heavy atom. The number of hydrogen-bond donors (Lipinski definition) is 0. The monoisotopic (exact) mass is 343 g/mol. The van der Waals surface area contributed by atoms with Gasteiger partial charge in [0.05, 0.1) is 6.10 Å². The van der Waals surface area contributed by atoms with Crippen LogP contribution in [-0.4, -0.2) is 36.7 Å². The fraction of sp³-hybridized carbons (Fsp3) is 0.421. The van der Waals surface area contributed by atoms with Crippen LogP contribution in [0, 0.1) is 0 Å². The summed E-state index contributed by atoms with van der Waals surface area (Å²) in [4.78, 5) is 16.0. The van der Waals surface area contributed by atoms with E-state index in [1.807, 2.05) is 29.2 Å². The molecule has 2 aromatic rings. The molecule has 2 aliphatic heterocycles. The number of nitrogens with zero attached hydrogens (tertiary/aromatic N) is 1. The fourth-order valence-electron chi connectivity index (χ4n) is 3.26. The molecule has 1 unspecified atom stereocenters. The zero-order chi connectivity index (χ0) is 16.4. The molecule has 1 aromatic heterocycles. The maximum absolute atomic E-state index is 12.7. The highest BCUT2D eigenvalue weighted by molar-refractivity contribution is 7.10. The molecule has 1 saturated heterocycles. The maximum atomic E-state index is 12.7. The number of carbonyl (C=O) groups is 1. The predicted molar refractivity (Wildman–Crippen MR) is 93.7 cm³/mol. The quantitative estimate of drug-likeness (QED) is 0.853. The fourth-order valence-corrected chi connectivity index (χ4v) is 4.15. The number of thiophene rings is 1. The van der Waals surface area contributed by atoms with Crippen molar-refractivity contribution in [1.29, 1.82) is 0 Å². The first kappa shape index (κ1) is 15.7. The number of amides is 1. The zero-order valence-corrected chi connectivity index (χ0v) is 14.4. The Bertz CT molecular complexity index is 704. The summed E-state index contributed by atoms with van der Waals surface area (Å²) in [6.45, 7) is 2.93. The van der Waals surface area contributed by atoms with Crippen LogP contribution in [0.15, 0.2) is 35.7 Å². The molecule has 0 saturated carbocycles. The molecule has 0 aliphatic carbocycles. The molecule has 0 bridgehead atoms. The third-order valence-electron chi connectivity index (χ3n) is 4.66. The number of benzene rings is 1. The molecular weight excluding hydrogens is 322 g/mol. The number of hydrogen-bond acceptors (Lipinski definition) is 4. The van der Waals surface area contributed by atoms with Gasteiger partial charge in [0.1, 0.15) is 12.4 Å². The van der Waals surface area contributed by atoms with Crippen molar-refractivity contribution in [2.24, 2.45) is 0 Å². The molecule has 0 radical (unpaired) electrons. The van der Waals surface area contributed by atoms with Gasteiger partial charge in [0.2, 0.25) is 0 Å². The first-order valence-corrected chi connectivity index (χ1v) is 9.36. The predicted octanol–water partition coefficient (Wildman–Crippen LogP) is 3.50. The minimum Gasteiger partial charge on any atom is -0.491 e. The third-order valence-corrected chi connectivity index (χ3v) is 5.68. The van der Waals surface area contributed by atoms with E-state index in [1.165, 1.54) is 10.4 Å². The molecule has 0 spiro atoms. The highest BCUT2D eigenvalue weighted by atomic mass is 32.1. The molecule has 0 N–H and O–H groups in total. The van der Waals surface area contributed by atoms with Crippen LogP contribution in [0.5, 0.6) is 5.75 Å². The highest BCUT2D eigenvalue weighted by Crippen LogP contribution is 2.25. The highest BCUT2D eigenvalue weighted by Gasteiger charge is 2.22. The van der Waals surface area contributed by atoms with Crippen molar-refractivity contribution < 1.29 is 14.3 Å². The second kappa shape index (κ2) is 6.95. The van der Waals surface area contributed by atoms with Crippen LogP contribution in [0.3, 0.4) is 0 Å². The summed E-state index contributed by atoms with van der Waals surface area (Å²) < 4.78 is 11.3. The van der Waals surface area contributed by atoms with E-state index < -0.39 is 0 Å². The Balaban J connectivity index is 1.36. The van der Waals surface area contributed by atoms with Gasteiger partial charge in [0, 0.05) is 30.1 Å². The van der Waals surface area contributed by atoms with Crippen molar-refractivity contribution in [2.75, 3.05) is 19.8 Å². The van der Waals surface area contributed by atoms with E-state index in [-0.39, 0.29) is 12.0 Å². The molecular formula is C19H21NO3S. The van der Waals surface area contributed by atoms with Crippen molar-refractivity contribution >= 4 is 17.2 Å². The minimum absolute atomic E-state index is 0.0949. The molecule has 126 valence electrons. The van der Waals surface area contributed by atoms with Crippen LogP contribution in [-0.2, 0) is 17.7 Å². The lowest BCUT2D eigenvalue weighted by Gasteiger charge is -2.27. The molecule has 2 aliphatic rings. The lowest BCUT2D eigenvalue weighted by molar-refractivity contribution is 0.0678. The van der Waals surface area contributed by atoms with E-state index in [0.29, 0.717) is 6.61 Å². The maximum Gasteiger partial charge on any atom is 0.254 e. The van der Waals surface area contributed by atoms with Crippen molar-refractivity contribution in [2.45, 2.75) is 31.9 Å². The second-order valence-corrected chi connectivity index (χ2v) is 7.32. The van der Waals surface area contributed by atoms with Gasteiger partial charge >= 0.3 is 0 Å². The molecule has 1 atom stereocenters. The summed E-state index contributed by atoms with van der Waals surface area (Å²) in [5.74, 6) is 0.887. The zero-order valence-electron chi connectivity index (χ0n) is 13.6. The van der Waals surface area contributed by atoms with Crippen LogP contribution >= 0.6 is 11.3 Å². The number of fused-ring (bicyclic) bond motifs is 1. The number of carbonyl (C=O) groups excluding carboxylic acids is 1. The van der Waals surface area contributed by atoms with Gasteiger partial charge in [-0.25, -0.2) is 0 Å². The van der Waals surface area contributed by atoms with Crippen molar-refractivity contribution in [3.8, 4) is 5.75 Å². The average Bonchev–Trinajstić information content (AvgIpc) is 3.30. The SMILES string of the molecule is O=C(c1ccc(OCC2CCCO2)cc1)N1CCc2sccc2C1. The molecule has 1 aromatic carbocycles. The van der Waals surface area contributed by atoms with Crippen LogP contribution in [0.25, 0.3) is 0 Å². The molecule has 4 rings (SSSR count). The summed E-state index contributed by atoms with van der Waals surface area (Å²) >= 11 is 1.79. The summed E-state index contributed by atoms with van der Waals surface area (Å²) in [5, 5.41) is 2.11. The summed E-state index contributed by atoms with van der Waals surface area (Å²) in [6.07, 6.45) is 3.35. The van der Waals surface area contributed by atoms with E-state index in [0.717, 1.165) is 50.3 Å². The lowest BCUT2D eigenvalue weighted by atomic mass is 10.1. The minimum atomic E-state index is 0.0949. The summed E-state index contributed by atoms with van der Waals surface area (Å²) in [5.41, 5.74) is 2.01. The molecule has 4 nitrogen and oxygen atoms in total. The van der Waals surface area contributed by atoms with E-state index in [9.17, 15) is 4.79 Å². The first-order valence-electron chi connectivity index (χ1n) is 8.48. The van der Waals surface area contributed by atoms with Gasteiger partial charge in [-0.15, -0.1) is 11.3 Å². The molecule has 3 heterocycles. The molecule has 5 heteroatoms. The van der Waals surface area contributed by atoms with E-state index >= 15 is 0 Å². The molecule has 24 heavy (non-hydrogen) atoms. The smallest absolute Gasteiger partial charge is 0.254 e. The Kier molecular flexibility index (Phi) is 4.54. The second-order valence-electron chi connectivity index (χ2n) is 6.32. The Hall–Kier alpha value is -1.85. The lowest BCUT2D eigenvalue weighted by Crippen LogP contribution is -2.35. The first-order chi connectivity index (χ1) is 11.8. The third kappa shape index (κ3) is 3.32. The van der Waals surface area contributed by atoms with E-state index in [2.05, 4.69) is 11.4 Å². The van der Waals surface area contributed by atoms with Gasteiger partial charge in [0.15, 0.2) is 0 Å². The topological polar surface area (TPSA) is 38.8 Å². The average molecular weight is 343 g/mol. The van der Waals surface area contributed by atoms with Gasteiger partial charge in [-0.1, -0.05) is 0 Å². The molecule has 1 amide bonds. The van der Waals surface area contributed by atoms with Crippen LogP contribution in [0.4, 0.5) is 0 Å². The van der Waals surface area contributed by atoms with Gasteiger partial charge in [-0.2, -0.15) is 0 Å². The van der Waals surface area contributed by atoms with Gasteiger partial charge < -0.3 is 14.4 Å². The van der Waals surface area contributed by atoms with E-state index in [1.54, 1.807) is 11.3 Å². The van der Waals surface area contributed by atoms with Crippen LogP contribution < -0.4 is 4.74 Å². The van der Waals surface area contributed by atoms with Gasteiger partial charge in [-0.05, 0) is 60.5 Å². The van der Waals surface area contributed by atoms with Crippen molar-refractivity contribution in [3.05, 3.63) is 51.7 Å². The Morgan fingerprint density at radius 3 is 2.96 bits per heavy atom. The Labute approximate surface area is 146 Å². The number of ether oxygens (including phenoxy) is 2. The Morgan fingerprint density at radius 1 is 1.29 bits per heavy atom. The van der Waals surface area contributed by atoms with Crippen LogP contribution in [0.1, 0.15) is 33.6 Å². The van der Waals surface area contributed by atoms with E-state index in [4.69, 9.17) is 9.47 Å². The normalized spacial score (nSPS) is 20.0. The van der Waals surface area contributed by atoms with Gasteiger partial charge in [0.25, 0.3) is 5.91 Å². The summed E-state index contributed by atoms with van der Waals surface area (Å²) in [7, 11) is 0. The van der Waals surface area contributed by atoms with Crippen molar-refractivity contribution in [1.82, 2.24) is 4.90 Å². The standard InChI is InChI=1S/C19H21NO3S/c21-19(20-9-7-18-15(12-20)8-11-24-18)14-3-5-16(6-4-14)23-13-17-2-1-10-22-17/h3-6,8,11,17H,1-2,7,9-10,12-13H2. The van der Waals surface area contributed by atoms with Crippen molar-refractivity contribution in [3.63, 3.8) is 0 Å². The largest absolute Gasteiger partial charge is 0.491 e.